The number of hydrogen-bond donors (Lipinski definition) is 0. The van der Waals surface area contributed by atoms with E-state index in [-0.39, 0.29) is 30.1 Å². The maximum Gasteiger partial charge on any atom is 0.257 e. The third kappa shape index (κ3) is 3.63. The Kier molecular flexibility index (Phi) is 4.75. The minimum absolute atomic E-state index is 0.00647. The van der Waals surface area contributed by atoms with Gasteiger partial charge in [0.15, 0.2) is 0 Å². The molecule has 3 amide bonds. The van der Waals surface area contributed by atoms with Gasteiger partial charge in [-0.25, -0.2) is 4.90 Å². The number of benzene rings is 2. The molecule has 5 nitrogen and oxygen atoms in total. The maximum atomic E-state index is 13.0. The molecule has 5 heteroatoms. The lowest BCUT2D eigenvalue weighted by molar-refractivity contribution is -0.139. The average molecular weight is 362 g/mol. The van der Waals surface area contributed by atoms with Crippen molar-refractivity contribution in [3.63, 3.8) is 0 Å². The van der Waals surface area contributed by atoms with Gasteiger partial charge < -0.3 is 4.90 Å². The molecule has 1 saturated carbocycles. The number of anilines is 1. The Morgan fingerprint density at radius 2 is 1.59 bits per heavy atom. The van der Waals surface area contributed by atoms with Crippen molar-refractivity contribution in [1.82, 2.24) is 4.90 Å². The third-order valence-corrected chi connectivity index (χ3v) is 5.21. The molecule has 1 heterocycles. The second-order valence-corrected chi connectivity index (χ2v) is 7.16. The first-order chi connectivity index (χ1) is 13.1. The Bertz CT molecular complexity index is 846. The number of carbonyl (C=O) groups excluding carboxylic acids is 3. The van der Waals surface area contributed by atoms with E-state index >= 15 is 0 Å². The van der Waals surface area contributed by atoms with Gasteiger partial charge in [0.05, 0.1) is 12.1 Å². The highest BCUT2D eigenvalue weighted by atomic mass is 16.2. The minimum atomic E-state index is -0.700. The molecule has 138 valence electrons. The van der Waals surface area contributed by atoms with Gasteiger partial charge in [-0.15, -0.1) is 0 Å². The van der Waals surface area contributed by atoms with Gasteiger partial charge in [0.1, 0.15) is 6.04 Å². The summed E-state index contributed by atoms with van der Waals surface area (Å²) >= 11 is 0. The summed E-state index contributed by atoms with van der Waals surface area (Å²) in [6.45, 7) is 0.450. The van der Waals surface area contributed by atoms with Gasteiger partial charge in [-0.3, -0.25) is 14.4 Å². The van der Waals surface area contributed by atoms with E-state index < -0.39 is 6.04 Å². The smallest absolute Gasteiger partial charge is 0.257 e. The predicted octanol–water partition coefficient (Wildman–Crippen LogP) is 2.80. The summed E-state index contributed by atoms with van der Waals surface area (Å²) in [4.78, 5) is 41.3. The van der Waals surface area contributed by atoms with Crippen molar-refractivity contribution in [3.8, 4) is 0 Å². The second kappa shape index (κ2) is 7.35. The van der Waals surface area contributed by atoms with E-state index in [1.165, 1.54) is 4.90 Å². The fourth-order valence-electron chi connectivity index (χ4n) is 3.59. The normalized spacial score (nSPS) is 19.4. The Morgan fingerprint density at radius 1 is 0.963 bits per heavy atom. The molecule has 1 unspecified atom stereocenters. The highest BCUT2D eigenvalue weighted by molar-refractivity contribution is 6.23. The number of rotatable bonds is 6. The van der Waals surface area contributed by atoms with Crippen molar-refractivity contribution in [2.75, 3.05) is 11.4 Å². The van der Waals surface area contributed by atoms with Gasteiger partial charge in [0.25, 0.3) is 5.91 Å². The molecule has 0 radical (unpaired) electrons. The van der Waals surface area contributed by atoms with Crippen LogP contribution in [0.4, 0.5) is 5.69 Å². The molecule has 2 fully saturated rings. The number of para-hydroxylation sites is 1. The van der Waals surface area contributed by atoms with Gasteiger partial charge in [-0.05, 0) is 37.0 Å². The molecule has 1 aliphatic heterocycles. The largest absolute Gasteiger partial charge is 0.330 e. The molecular weight excluding hydrogens is 340 g/mol. The van der Waals surface area contributed by atoms with E-state index in [1.54, 1.807) is 29.2 Å². The van der Waals surface area contributed by atoms with E-state index in [9.17, 15) is 14.4 Å². The molecule has 1 atom stereocenters. The van der Waals surface area contributed by atoms with E-state index in [1.807, 2.05) is 36.4 Å². The van der Waals surface area contributed by atoms with Gasteiger partial charge >= 0.3 is 0 Å². The maximum absolute atomic E-state index is 13.0. The van der Waals surface area contributed by atoms with E-state index in [0.29, 0.717) is 18.7 Å². The molecule has 0 bridgehead atoms. The molecule has 0 spiro atoms. The molecule has 1 aliphatic carbocycles. The summed E-state index contributed by atoms with van der Waals surface area (Å²) in [5.41, 5.74) is 1.68. The number of amides is 3. The molecule has 2 aromatic rings. The first-order valence-corrected chi connectivity index (χ1v) is 9.41. The average Bonchev–Trinajstić information content (AvgIpc) is 3.50. The molecule has 2 aliphatic rings. The summed E-state index contributed by atoms with van der Waals surface area (Å²) in [6, 6.07) is 18.1. The quantitative estimate of drug-likeness (QED) is 0.743. The molecule has 4 rings (SSSR count). The van der Waals surface area contributed by atoms with Crippen LogP contribution in [0.2, 0.25) is 0 Å². The summed E-state index contributed by atoms with van der Waals surface area (Å²) in [5, 5.41) is 0. The van der Waals surface area contributed by atoms with Crippen LogP contribution in [0.3, 0.4) is 0 Å². The predicted molar refractivity (Wildman–Crippen MR) is 102 cm³/mol. The number of carbonyl (C=O) groups is 3. The fourth-order valence-corrected chi connectivity index (χ4v) is 3.59. The van der Waals surface area contributed by atoms with Crippen LogP contribution in [0, 0.1) is 5.92 Å². The Hall–Kier alpha value is -2.95. The lowest BCUT2D eigenvalue weighted by Gasteiger charge is -2.28. The Labute approximate surface area is 158 Å². The topological polar surface area (TPSA) is 57.7 Å². The molecule has 1 saturated heterocycles. The lowest BCUT2D eigenvalue weighted by atomic mass is 10.1. The van der Waals surface area contributed by atoms with Crippen LogP contribution in [0.5, 0.6) is 0 Å². The summed E-state index contributed by atoms with van der Waals surface area (Å²) in [5.74, 6) is -0.529. The van der Waals surface area contributed by atoms with E-state index in [2.05, 4.69) is 0 Å². The van der Waals surface area contributed by atoms with Crippen LogP contribution < -0.4 is 4.90 Å². The highest BCUT2D eigenvalue weighted by Gasteiger charge is 2.46. The van der Waals surface area contributed by atoms with Gasteiger partial charge in [-0.2, -0.15) is 0 Å². The fraction of sp³-hybridized carbons (Fsp3) is 0.318. The molecular formula is C22H22N2O3. The third-order valence-electron chi connectivity index (χ3n) is 5.21. The van der Waals surface area contributed by atoms with Gasteiger partial charge in [0.2, 0.25) is 11.8 Å². The van der Waals surface area contributed by atoms with Crippen molar-refractivity contribution >= 4 is 23.4 Å². The molecule has 27 heavy (non-hydrogen) atoms. The van der Waals surface area contributed by atoms with E-state index in [0.717, 1.165) is 18.4 Å². The van der Waals surface area contributed by atoms with Crippen LogP contribution in [0.1, 0.15) is 24.8 Å². The van der Waals surface area contributed by atoms with Crippen LogP contribution in [0.25, 0.3) is 0 Å². The zero-order chi connectivity index (χ0) is 18.8. The second-order valence-electron chi connectivity index (χ2n) is 7.16. The van der Waals surface area contributed by atoms with E-state index in [4.69, 9.17) is 0 Å². The zero-order valence-electron chi connectivity index (χ0n) is 15.1. The van der Waals surface area contributed by atoms with Crippen molar-refractivity contribution in [2.24, 2.45) is 5.92 Å². The van der Waals surface area contributed by atoms with Crippen molar-refractivity contribution in [1.29, 1.82) is 0 Å². The lowest BCUT2D eigenvalue weighted by Crippen LogP contribution is -2.47. The summed E-state index contributed by atoms with van der Waals surface area (Å²) in [7, 11) is 0. The summed E-state index contributed by atoms with van der Waals surface area (Å²) in [6.07, 6.45) is 2.47. The van der Waals surface area contributed by atoms with Crippen LogP contribution >= 0.6 is 0 Å². The van der Waals surface area contributed by atoms with Crippen LogP contribution in [0.15, 0.2) is 60.7 Å². The Morgan fingerprint density at radius 3 is 2.22 bits per heavy atom. The first kappa shape index (κ1) is 17.5. The molecule has 0 aromatic heterocycles. The first-order valence-electron chi connectivity index (χ1n) is 9.41. The summed E-state index contributed by atoms with van der Waals surface area (Å²) < 4.78 is 0. The highest BCUT2D eigenvalue weighted by Crippen LogP contribution is 2.34. The SMILES string of the molecule is O=C1CC(N(CCc2ccccc2)C(=O)C2CC2)C(=O)N1c1ccccc1. The monoisotopic (exact) mass is 362 g/mol. The van der Waals surface area contributed by atoms with Crippen LogP contribution in [-0.2, 0) is 20.8 Å². The standard InChI is InChI=1S/C22H22N2O3/c25-20-15-19(22(27)24(20)18-9-5-2-6-10-18)23(21(26)17-11-12-17)14-13-16-7-3-1-4-8-16/h1-10,17,19H,11-15H2. The van der Waals surface area contributed by atoms with Crippen LogP contribution in [-0.4, -0.2) is 35.2 Å². The number of hydrogen-bond acceptors (Lipinski definition) is 3. The number of imide groups is 1. The molecule has 0 N–H and O–H groups in total. The zero-order valence-corrected chi connectivity index (χ0v) is 15.1. The van der Waals surface area contributed by atoms with Crippen molar-refractivity contribution < 1.29 is 14.4 Å². The Balaban J connectivity index is 1.55. The van der Waals surface area contributed by atoms with Crippen molar-refractivity contribution in [2.45, 2.75) is 31.7 Å². The van der Waals surface area contributed by atoms with Gasteiger partial charge in [-0.1, -0.05) is 48.5 Å². The van der Waals surface area contributed by atoms with Gasteiger partial charge in [0, 0.05) is 12.5 Å². The van der Waals surface area contributed by atoms with Crippen molar-refractivity contribution in [3.05, 3.63) is 66.2 Å². The number of nitrogens with zero attached hydrogens (tertiary/aromatic N) is 2. The minimum Gasteiger partial charge on any atom is -0.330 e. The molecule has 2 aromatic carbocycles.